The van der Waals surface area contributed by atoms with Gasteiger partial charge in [0.1, 0.15) is 0 Å². The Hall–Kier alpha value is -0.860. The summed E-state index contributed by atoms with van der Waals surface area (Å²) >= 11 is 0. The summed E-state index contributed by atoms with van der Waals surface area (Å²) in [7, 11) is 0. The summed E-state index contributed by atoms with van der Waals surface area (Å²) in [4.78, 5) is 0. The summed E-state index contributed by atoms with van der Waals surface area (Å²) in [5.41, 5.74) is 3.69. The zero-order valence-corrected chi connectivity index (χ0v) is 9.41. The Morgan fingerprint density at radius 2 is 2.19 bits per heavy atom. The molecule has 0 amide bonds. The lowest BCUT2D eigenvalue weighted by molar-refractivity contribution is -0.00666. The van der Waals surface area contributed by atoms with Crippen molar-refractivity contribution < 1.29 is 6.16 Å². The van der Waals surface area contributed by atoms with Crippen molar-refractivity contribution >= 4 is 0 Å². The molecular formula is C14H19NO. The minimum Gasteiger partial charge on any atom is -0.378 e. The Bertz CT molecular complexity index is 432. The topological polar surface area (TPSA) is 21.3 Å². The van der Waals surface area contributed by atoms with Gasteiger partial charge >= 0.3 is 0 Å². The molecular weight excluding hydrogens is 198 g/mol. The number of hydrogen-bond donors (Lipinski definition) is 1. The van der Waals surface area contributed by atoms with Gasteiger partial charge in [0.05, 0.1) is 19.3 Å². The molecule has 0 aromatic heterocycles. The average molecular weight is 217 g/mol. The van der Waals surface area contributed by atoms with Gasteiger partial charge in [-0.1, -0.05) is 24.3 Å². The SMILES string of the molecule is [HH].c1ccc2c(c1)CCC21CC1NC1COC1. The molecule has 1 aromatic carbocycles. The van der Waals surface area contributed by atoms with Gasteiger partial charge < -0.3 is 10.1 Å². The van der Waals surface area contributed by atoms with Crippen LogP contribution in [0.15, 0.2) is 24.3 Å². The van der Waals surface area contributed by atoms with Gasteiger partial charge in [0, 0.05) is 12.9 Å². The van der Waals surface area contributed by atoms with E-state index in [2.05, 4.69) is 29.6 Å². The summed E-state index contributed by atoms with van der Waals surface area (Å²) in [6.07, 6.45) is 3.95. The molecule has 0 radical (unpaired) electrons. The van der Waals surface area contributed by atoms with Crippen molar-refractivity contribution in [1.82, 2.24) is 5.32 Å². The molecule has 2 unspecified atom stereocenters. The Kier molecular flexibility index (Phi) is 1.77. The predicted molar refractivity (Wildman–Crippen MR) is 64.7 cm³/mol. The minimum atomic E-state index is 0. The lowest BCUT2D eigenvalue weighted by Crippen LogP contribution is -2.48. The maximum absolute atomic E-state index is 5.22. The molecule has 2 heteroatoms. The van der Waals surface area contributed by atoms with E-state index in [0.29, 0.717) is 17.5 Å². The van der Waals surface area contributed by atoms with Crippen LogP contribution in [0.5, 0.6) is 0 Å². The van der Waals surface area contributed by atoms with Crippen LogP contribution in [0, 0.1) is 0 Å². The Labute approximate surface area is 97.5 Å². The fraction of sp³-hybridized carbons (Fsp3) is 0.571. The van der Waals surface area contributed by atoms with Crippen molar-refractivity contribution in [2.75, 3.05) is 13.2 Å². The summed E-state index contributed by atoms with van der Waals surface area (Å²) in [6, 6.07) is 10.3. The maximum Gasteiger partial charge on any atom is 0.0643 e. The van der Waals surface area contributed by atoms with Crippen molar-refractivity contribution in [2.24, 2.45) is 0 Å². The van der Waals surface area contributed by atoms with Gasteiger partial charge in [-0.3, -0.25) is 0 Å². The molecule has 2 nitrogen and oxygen atoms in total. The number of nitrogens with one attached hydrogen (secondary N) is 1. The van der Waals surface area contributed by atoms with E-state index in [-0.39, 0.29) is 1.43 Å². The molecule has 1 aliphatic heterocycles. The normalized spacial score (nSPS) is 36.1. The van der Waals surface area contributed by atoms with Crippen LogP contribution in [0.3, 0.4) is 0 Å². The number of fused-ring (bicyclic) bond motifs is 2. The van der Waals surface area contributed by atoms with Crippen LogP contribution >= 0.6 is 0 Å². The second-order valence-electron chi connectivity index (χ2n) is 5.47. The molecule has 0 bridgehead atoms. The molecule has 1 heterocycles. The number of rotatable bonds is 2. The van der Waals surface area contributed by atoms with Crippen molar-refractivity contribution in [3.8, 4) is 0 Å². The first kappa shape index (κ1) is 9.20. The number of benzene rings is 1. The van der Waals surface area contributed by atoms with Gasteiger partial charge in [-0.2, -0.15) is 0 Å². The monoisotopic (exact) mass is 217 g/mol. The molecule has 1 aromatic rings. The van der Waals surface area contributed by atoms with Gasteiger partial charge in [-0.15, -0.1) is 0 Å². The predicted octanol–water partition coefficient (Wildman–Crippen LogP) is 1.88. The van der Waals surface area contributed by atoms with Crippen LogP contribution < -0.4 is 5.32 Å². The molecule has 1 spiro atoms. The first-order valence-electron chi connectivity index (χ1n) is 6.31. The van der Waals surface area contributed by atoms with Gasteiger partial charge in [0.25, 0.3) is 0 Å². The fourth-order valence-corrected chi connectivity index (χ4v) is 3.43. The van der Waals surface area contributed by atoms with E-state index in [1.54, 1.807) is 11.1 Å². The van der Waals surface area contributed by atoms with E-state index in [9.17, 15) is 0 Å². The van der Waals surface area contributed by atoms with Gasteiger partial charge in [-0.25, -0.2) is 0 Å². The molecule has 4 rings (SSSR count). The van der Waals surface area contributed by atoms with Crippen LogP contribution in [0.1, 0.15) is 25.4 Å². The molecule has 2 fully saturated rings. The zero-order valence-electron chi connectivity index (χ0n) is 9.41. The van der Waals surface area contributed by atoms with E-state index >= 15 is 0 Å². The molecule has 2 aliphatic carbocycles. The third-order valence-electron chi connectivity index (χ3n) is 4.54. The first-order chi connectivity index (χ1) is 7.88. The molecule has 86 valence electrons. The minimum absolute atomic E-state index is 0. The molecule has 1 saturated heterocycles. The average Bonchev–Trinajstić information content (AvgIpc) is 2.82. The van der Waals surface area contributed by atoms with Crippen LogP contribution in [-0.2, 0) is 16.6 Å². The number of hydrogen-bond acceptors (Lipinski definition) is 2. The molecule has 2 atom stereocenters. The summed E-state index contributed by atoms with van der Waals surface area (Å²) < 4.78 is 5.22. The highest BCUT2D eigenvalue weighted by Gasteiger charge is 2.58. The molecule has 16 heavy (non-hydrogen) atoms. The van der Waals surface area contributed by atoms with Crippen LogP contribution in [0.4, 0.5) is 0 Å². The van der Waals surface area contributed by atoms with Crippen LogP contribution in [0.25, 0.3) is 0 Å². The van der Waals surface area contributed by atoms with Crippen LogP contribution in [-0.4, -0.2) is 25.3 Å². The standard InChI is InChI=1S/C14H17NO.H2/c1-2-4-12-10(3-1)5-6-14(12)7-13(14)15-11-8-16-9-11;/h1-4,11,13,15H,5-9H2;1H. The van der Waals surface area contributed by atoms with E-state index in [0.717, 1.165) is 13.2 Å². The van der Waals surface area contributed by atoms with Crippen molar-refractivity contribution in [2.45, 2.75) is 36.8 Å². The van der Waals surface area contributed by atoms with Gasteiger partial charge in [0.15, 0.2) is 0 Å². The third kappa shape index (κ3) is 1.14. The Morgan fingerprint density at radius 3 is 3.00 bits per heavy atom. The lowest BCUT2D eigenvalue weighted by atomic mass is 9.97. The highest BCUT2D eigenvalue weighted by Crippen LogP contribution is 2.56. The molecule has 3 aliphatic rings. The maximum atomic E-state index is 5.22. The molecule has 1 N–H and O–H groups in total. The quantitative estimate of drug-likeness (QED) is 0.816. The van der Waals surface area contributed by atoms with Crippen molar-refractivity contribution in [3.63, 3.8) is 0 Å². The third-order valence-corrected chi connectivity index (χ3v) is 4.54. The second-order valence-corrected chi connectivity index (χ2v) is 5.47. The highest BCUT2D eigenvalue weighted by molar-refractivity contribution is 5.46. The fourth-order valence-electron chi connectivity index (χ4n) is 3.43. The Morgan fingerprint density at radius 1 is 1.31 bits per heavy atom. The number of aryl methyl sites for hydroxylation is 1. The van der Waals surface area contributed by atoms with E-state index < -0.39 is 0 Å². The number of ether oxygens (including phenoxy) is 1. The molecule has 1 saturated carbocycles. The largest absolute Gasteiger partial charge is 0.378 e. The summed E-state index contributed by atoms with van der Waals surface area (Å²) in [6.45, 7) is 1.82. The highest BCUT2D eigenvalue weighted by atomic mass is 16.5. The smallest absolute Gasteiger partial charge is 0.0643 e. The summed E-state index contributed by atoms with van der Waals surface area (Å²) in [5.74, 6) is 0. The van der Waals surface area contributed by atoms with E-state index in [1.165, 1.54) is 19.3 Å². The zero-order chi connectivity index (χ0) is 10.6. The Balaban J connectivity index is 0.000000902. The van der Waals surface area contributed by atoms with Crippen molar-refractivity contribution in [1.29, 1.82) is 0 Å². The van der Waals surface area contributed by atoms with E-state index in [1.807, 2.05) is 0 Å². The first-order valence-corrected chi connectivity index (χ1v) is 6.31. The van der Waals surface area contributed by atoms with Crippen molar-refractivity contribution in [3.05, 3.63) is 35.4 Å². The summed E-state index contributed by atoms with van der Waals surface area (Å²) in [5, 5.41) is 3.74. The van der Waals surface area contributed by atoms with E-state index in [4.69, 9.17) is 4.74 Å². The van der Waals surface area contributed by atoms with Gasteiger partial charge in [0.2, 0.25) is 0 Å². The second kappa shape index (κ2) is 3.08. The lowest BCUT2D eigenvalue weighted by Gasteiger charge is -2.28. The van der Waals surface area contributed by atoms with Crippen LogP contribution in [0.2, 0.25) is 0 Å². The van der Waals surface area contributed by atoms with Gasteiger partial charge in [-0.05, 0) is 30.4 Å².